The van der Waals surface area contributed by atoms with Gasteiger partial charge in [0.25, 0.3) is 5.91 Å². The molecular weight excluding hydrogens is 342 g/mol. The van der Waals surface area contributed by atoms with E-state index in [1.165, 1.54) is 24.3 Å². The smallest absolute Gasteiger partial charge is 0.355 e. The second-order valence-electron chi connectivity index (χ2n) is 5.75. The van der Waals surface area contributed by atoms with E-state index in [9.17, 15) is 19.2 Å². The summed E-state index contributed by atoms with van der Waals surface area (Å²) >= 11 is 0. The van der Waals surface area contributed by atoms with Crippen LogP contribution in [-0.2, 0) is 23.9 Å². The maximum absolute atomic E-state index is 11.8. The number of nitrogens with one attached hydrogen (secondary N) is 2. The SMILES string of the molecule is CC(C)OC(=O)c1ccc(NC(=O)COC(=O)C2=NNC(=O)CC2)cc1. The Bertz CT molecular complexity index is 739. The van der Waals surface area contributed by atoms with Crippen molar-refractivity contribution in [2.45, 2.75) is 32.8 Å². The molecule has 2 N–H and O–H groups in total. The van der Waals surface area contributed by atoms with Gasteiger partial charge < -0.3 is 14.8 Å². The van der Waals surface area contributed by atoms with Crippen molar-refractivity contribution in [2.24, 2.45) is 5.10 Å². The van der Waals surface area contributed by atoms with Gasteiger partial charge in [-0.05, 0) is 38.1 Å². The van der Waals surface area contributed by atoms with Crippen LogP contribution in [0.3, 0.4) is 0 Å². The predicted molar refractivity (Wildman–Crippen MR) is 91.4 cm³/mol. The number of hydrogen-bond acceptors (Lipinski definition) is 7. The summed E-state index contributed by atoms with van der Waals surface area (Å²) < 4.78 is 9.91. The fourth-order valence-corrected chi connectivity index (χ4v) is 2.00. The highest BCUT2D eigenvalue weighted by atomic mass is 16.5. The van der Waals surface area contributed by atoms with Crippen molar-refractivity contribution in [3.05, 3.63) is 29.8 Å². The van der Waals surface area contributed by atoms with E-state index >= 15 is 0 Å². The summed E-state index contributed by atoms with van der Waals surface area (Å²) in [6, 6.07) is 6.12. The molecular formula is C17H19N3O6. The Labute approximate surface area is 149 Å². The number of amides is 2. The summed E-state index contributed by atoms with van der Waals surface area (Å²) in [6.07, 6.45) is 0.0880. The van der Waals surface area contributed by atoms with Crippen LogP contribution < -0.4 is 10.7 Å². The summed E-state index contributed by atoms with van der Waals surface area (Å²) in [5.41, 5.74) is 3.04. The highest BCUT2D eigenvalue weighted by Crippen LogP contribution is 2.11. The lowest BCUT2D eigenvalue weighted by Crippen LogP contribution is -2.32. The Morgan fingerprint density at radius 1 is 1.15 bits per heavy atom. The summed E-state index contributed by atoms with van der Waals surface area (Å²) in [4.78, 5) is 46.2. The highest BCUT2D eigenvalue weighted by Gasteiger charge is 2.20. The van der Waals surface area contributed by atoms with E-state index in [0.717, 1.165) is 0 Å². The van der Waals surface area contributed by atoms with Crippen LogP contribution in [0.2, 0.25) is 0 Å². The van der Waals surface area contributed by atoms with Gasteiger partial charge in [0.15, 0.2) is 6.61 Å². The van der Waals surface area contributed by atoms with Gasteiger partial charge in [-0.15, -0.1) is 0 Å². The molecule has 0 bridgehead atoms. The van der Waals surface area contributed by atoms with Crippen molar-refractivity contribution in [1.29, 1.82) is 0 Å². The number of hydrazone groups is 1. The van der Waals surface area contributed by atoms with Crippen LogP contribution in [-0.4, -0.2) is 42.2 Å². The molecule has 9 nitrogen and oxygen atoms in total. The van der Waals surface area contributed by atoms with Crippen molar-refractivity contribution in [3.8, 4) is 0 Å². The maximum Gasteiger partial charge on any atom is 0.355 e. The van der Waals surface area contributed by atoms with Gasteiger partial charge in [0.2, 0.25) is 5.91 Å². The van der Waals surface area contributed by atoms with E-state index < -0.39 is 24.5 Å². The van der Waals surface area contributed by atoms with Crippen LogP contribution in [0.5, 0.6) is 0 Å². The van der Waals surface area contributed by atoms with Gasteiger partial charge in [-0.25, -0.2) is 15.0 Å². The number of esters is 2. The van der Waals surface area contributed by atoms with Crippen LogP contribution in [0.1, 0.15) is 37.0 Å². The molecule has 0 aromatic heterocycles. The lowest BCUT2D eigenvalue weighted by atomic mass is 10.2. The molecule has 1 aromatic rings. The number of anilines is 1. The Morgan fingerprint density at radius 3 is 2.42 bits per heavy atom. The molecule has 0 aliphatic carbocycles. The zero-order valence-electron chi connectivity index (χ0n) is 14.4. The van der Waals surface area contributed by atoms with E-state index in [2.05, 4.69) is 15.8 Å². The molecule has 0 saturated carbocycles. The number of carbonyl (C=O) groups excluding carboxylic acids is 4. The van der Waals surface area contributed by atoms with Crippen molar-refractivity contribution < 1.29 is 28.7 Å². The molecule has 0 fully saturated rings. The quantitative estimate of drug-likeness (QED) is 0.729. The first-order valence-corrected chi connectivity index (χ1v) is 7.98. The number of rotatable bonds is 6. The number of ether oxygens (including phenoxy) is 2. The molecule has 0 saturated heterocycles. The molecule has 2 amide bonds. The second kappa shape index (κ2) is 8.75. The van der Waals surface area contributed by atoms with E-state index in [4.69, 9.17) is 9.47 Å². The van der Waals surface area contributed by atoms with Crippen LogP contribution >= 0.6 is 0 Å². The van der Waals surface area contributed by atoms with Gasteiger partial charge in [-0.2, -0.15) is 5.10 Å². The van der Waals surface area contributed by atoms with Gasteiger partial charge in [0.1, 0.15) is 5.71 Å². The average molecular weight is 361 g/mol. The monoisotopic (exact) mass is 361 g/mol. The van der Waals surface area contributed by atoms with Gasteiger partial charge in [-0.3, -0.25) is 9.59 Å². The highest BCUT2D eigenvalue weighted by molar-refractivity contribution is 6.37. The molecule has 1 aliphatic heterocycles. The first-order valence-electron chi connectivity index (χ1n) is 7.98. The summed E-state index contributed by atoms with van der Waals surface area (Å²) in [5, 5.41) is 6.12. The molecule has 1 aliphatic rings. The molecule has 1 aromatic carbocycles. The Kier molecular flexibility index (Phi) is 6.42. The van der Waals surface area contributed by atoms with Crippen molar-refractivity contribution in [2.75, 3.05) is 11.9 Å². The molecule has 1 heterocycles. The minimum atomic E-state index is -0.757. The second-order valence-corrected chi connectivity index (χ2v) is 5.75. The third-order valence-corrected chi connectivity index (χ3v) is 3.22. The summed E-state index contributed by atoms with van der Waals surface area (Å²) in [5.74, 6) is -2.03. The molecule has 9 heteroatoms. The third kappa shape index (κ3) is 5.69. The van der Waals surface area contributed by atoms with Crippen molar-refractivity contribution in [1.82, 2.24) is 5.43 Å². The van der Waals surface area contributed by atoms with Crippen LogP contribution in [0.25, 0.3) is 0 Å². The van der Waals surface area contributed by atoms with Gasteiger partial charge >= 0.3 is 11.9 Å². The van der Waals surface area contributed by atoms with Gasteiger partial charge in [0, 0.05) is 18.5 Å². The maximum atomic E-state index is 11.8. The Balaban J connectivity index is 1.81. The summed E-state index contributed by atoms with van der Waals surface area (Å²) in [6.45, 7) is 3.00. The van der Waals surface area contributed by atoms with Crippen LogP contribution in [0.15, 0.2) is 29.4 Å². The van der Waals surface area contributed by atoms with Crippen molar-refractivity contribution >= 4 is 35.2 Å². The normalized spacial score (nSPS) is 13.5. The lowest BCUT2D eigenvalue weighted by Gasteiger charge is -2.11. The molecule has 0 atom stereocenters. The average Bonchev–Trinajstić information content (AvgIpc) is 2.60. The molecule has 0 unspecified atom stereocenters. The van der Waals surface area contributed by atoms with Gasteiger partial charge in [-0.1, -0.05) is 0 Å². The van der Waals surface area contributed by atoms with Crippen molar-refractivity contribution in [3.63, 3.8) is 0 Å². The van der Waals surface area contributed by atoms with Crippen LogP contribution in [0.4, 0.5) is 5.69 Å². The Morgan fingerprint density at radius 2 is 1.85 bits per heavy atom. The summed E-state index contributed by atoms with van der Waals surface area (Å²) in [7, 11) is 0. The predicted octanol–water partition coefficient (Wildman–Crippen LogP) is 0.999. The first-order chi connectivity index (χ1) is 12.3. The van der Waals surface area contributed by atoms with E-state index in [1.807, 2.05) is 0 Å². The van der Waals surface area contributed by atoms with E-state index in [0.29, 0.717) is 11.3 Å². The molecule has 0 radical (unpaired) electrons. The molecule has 0 spiro atoms. The third-order valence-electron chi connectivity index (χ3n) is 3.22. The topological polar surface area (TPSA) is 123 Å². The molecule has 138 valence electrons. The fraction of sp³-hybridized carbons (Fsp3) is 0.353. The number of benzene rings is 1. The largest absolute Gasteiger partial charge is 0.459 e. The fourth-order valence-electron chi connectivity index (χ4n) is 2.00. The minimum absolute atomic E-state index is 0.0606. The standard InChI is InChI=1S/C17H19N3O6/c1-10(2)26-16(23)11-3-5-12(6-4-11)18-15(22)9-25-17(24)13-7-8-14(21)20-19-13/h3-6,10H,7-9H2,1-2H3,(H,18,22)(H,20,21). The zero-order chi connectivity index (χ0) is 19.1. The molecule has 2 rings (SSSR count). The lowest BCUT2D eigenvalue weighted by molar-refractivity contribution is -0.140. The number of hydrogen-bond donors (Lipinski definition) is 2. The first kappa shape index (κ1) is 19.1. The number of carbonyl (C=O) groups is 4. The minimum Gasteiger partial charge on any atom is -0.459 e. The van der Waals surface area contributed by atoms with E-state index in [-0.39, 0.29) is 30.6 Å². The van der Waals surface area contributed by atoms with Crippen LogP contribution in [0, 0.1) is 0 Å². The molecule has 26 heavy (non-hydrogen) atoms. The zero-order valence-corrected chi connectivity index (χ0v) is 14.4. The Hall–Kier alpha value is -3.23. The number of nitrogens with zero attached hydrogens (tertiary/aromatic N) is 1. The van der Waals surface area contributed by atoms with Gasteiger partial charge in [0.05, 0.1) is 11.7 Å². The van der Waals surface area contributed by atoms with E-state index in [1.54, 1.807) is 13.8 Å².